The molecule has 1 aromatic heterocycles. The van der Waals surface area contributed by atoms with E-state index in [1.165, 1.54) is 4.88 Å². The fourth-order valence-electron chi connectivity index (χ4n) is 2.60. The molecule has 0 atom stereocenters. The van der Waals surface area contributed by atoms with Crippen molar-refractivity contribution in [2.45, 2.75) is 40.2 Å². The lowest BCUT2D eigenvalue weighted by atomic mass is 10.1. The Kier molecular flexibility index (Phi) is 11.8. The number of hydrogen-bond donors (Lipinski definition) is 3. The molecule has 2 rings (SSSR count). The SMILES string of the molecule is CCNC(=NCc1cccc(NC(=O)CC(C)C)c1)NCCc1cccs1.I. The van der Waals surface area contributed by atoms with Crippen LogP contribution in [0.5, 0.6) is 0 Å². The van der Waals surface area contributed by atoms with Crippen molar-refractivity contribution in [2.75, 3.05) is 18.4 Å². The summed E-state index contributed by atoms with van der Waals surface area (Å²) in [5.41, 5.74) is 1.89. The topological polar surface area (TPSA) is 65.5 Å². The number of amides is 1. The molecule has 0 aliphatic carbocycles. The van der Waals surface area contributed by atoms with Gasteiger partial charge in [0, 0.05) is 30.1 Å². The van der Waals surface area contributed by atoms with Gasteiger partial charge >= 0.3 is 0 Å². The molecule has 0 aliphatic heterocycles. The summed E-state index contributed by atoms with van der Waals surface area (Å²) in [7, 11) is 0. The van der Waals surface area contributed by atoms with E-state index in [1.807, 2.05) is 38.1 Å². The number of aliphatic imine (C=N–C) groups is 1. The summed E-state index contributed by atoms with van der Waals surface area (Å²) < 4.78 is 0. The van der Waals surface area contributed by atoms with Gasteiger partial charge in [-0.2, -0.15) is 0 Å². The van der Waals surface area contributed by atoms with Gasteiger partial charge in [-0.25, -0.2) is 4.99 Å². The normalized spacial score (nSPS) is 11.1. The number of nitrogens with one attached hydrogen (secondary N) is 3. The first kappa shape index (κ1) is 24.4. The van der Waals surface area contributed by atoms with Gasteiger partial charge in [-0.05, 0) is 48.4 Å². The number of hydrogen-bond acceptors (Lipinski definition) is 3. The molecule has 0 spiro atoms. The van der Waals surface area contributed by atoms with Crippen LogP contribution in [0.15, 0.2) is 46.8 Å². The van der Waals surface area contributed by atoms with Gasteiger partial charge in [0.2, 0.25) is 5.91 Å². The number of anilines is 1. The highest BCUT2D eigenvalue weighted by molar-refractivity contribution is 14.0. The van der Waals surface area contributed by atoms with Gasteiger partial charge < -0.3 is 16.0 Å². The number of benzene rings is 1. The number of carbonyl (C=O) groups excluding carboxylic acids is 1. The van der Waals surface area contributed by atoms with Crippen LogP contribution in [0.25, 0.3) is 0 Å². The maximum atomic E-state index is 11.9. The second-order valence-corrected chi connectivity index (χ2v) is 7.83. The second kappa shape index (κ2) is 13.5. The first-order valence-corrected chi connectivity index (χ1v) is 10.4. The van der Waals surface area contributed by atoms with Crippen molar-refractivity contribution in [3.05, 3.63) is 52.2 Å². The lowest BCUT2D eigenvalue weighted by Gasteiger charge is -2.11. The molecule has 0 fully saturated rings. The van der Waals surface area contributed by atoms with Crippen molar-refractivity contribution in [1.29, 1.82) is 0 Å². The third kappa shape index (κ3) is 9.54. The fourth-order valence-corrected chi connectivity index (χ4v) is 3.31. The Hall–Kier alpha value is -1.61. The van der Waals surface area contributed by atoms with Crippen molar-refractivity contribution in [3.63, 3.8) is 0 Å². The zero-order chi connectivity index (χ0) is 19.5. The maximum absolute atomic E-state index is 11.9. The number of nitrogens with zero attached hydrogens (tertiary/aromatic N) is 1. The molecule has 0 saturated carbocycles. The Labute approximate surface area is 189 Å². The van der Waals surface area contributed by atoms with Crippen molar-refractivity contribution in [1.82, 2.24) is 10.6 Å². The molecule has 3 N–H and O–H groups in total. The molecule has 0 radical (unpaired) electrons. The van der Waals surface area contributed by atoms with Crippen LogP contribution in [0, 0.1) is 5.92 Å². The highest BCUT2D eigenvalue weighted by Gasteiger charge is 2.06. The molecule has 2 aromatic rings. The molecular formula is C21H31IN4OS. The van der Waals surface area contributed by atoms with Gasteiger partial charge in [-0.3, -0.25) is 4.79 Å². The van der Waals surface area contributed by atoms with Crippen LogP contribution in [0.3, 0.4) is 0 Å². The van der Waals surface area contributed by atoms with E-state index in [4.69, 9.17) is 0 Å². The Morgan fingerprint density at radius 2 is 2.00 bits per heavy atom. The summed E-state index contributed by atoms with van der Waals surface area (Å²) in [6.45, 7) is 8.36. The van der Waals surface area contributed by atoms with E-state index >= 15 is 0 Å². The standard InChI is InChI=1S/C21H30N4OS.HI/c1-4-22-21(23-11-10-19-9-6-12-27-19)24-15-17-7-5-8-18(14-17)25-20(26)13-16(2)3;/h5-9,12,14,16H,4,10-11,13,15H2,1-3H3,(H,25,26)(H2,22,23,24);1H. The quantitative estimate of drug-likeness (QED) is 0.259. The van der Waals surface area contributed by atoms with Gasteiger partial charge in [0.15, 0.2) is 5.96 Å². The van der Waals surface area contributed by atoms with Crippen LogP contribution >= 0.6 is 35.3 Å². The predicted molar refractivity (Wildman–Crippen MR) is 131 cm³/mol. The maximum Gasteiger partial charge on any atom is 0.224 e. The Balaban J connectivity index is 0.00000392. The smallest absolute Gasteiger partial charge is 0.224 e. The van der Waals surface area contributed by atoms with Gasteiger partial charge in [0.1, 0.15) is 0 Å². The molecule has 0 saturated heterocycles. The summed E-state index contributed by atoms with van der Waals surface area (Å²) in [6.07, 6.45) is 1.51. The van der Waals surface area contributed by atoms with Gasteiger partial charge in [0.05, 0.1) is 6.54 Å². The Morgan fingerprint density at radius 1 is 1.18 bits per heavy atom. The van der Waals surface area contributed by atoms with Crippen molar-refractivity contribution in [2.24, 2.45) is 10.9 Å². The van der Waals surface area contributed by atoms with E-state index < -0.39 is 0 Å². The molecule has 154 valence electrons. The average Bonchev–Trinajstić information content (AvgIpc) is 3.12. The first-order chi connectivity index (χ1) is 13.1. The highest BCUT2D eigenvalue weighted by Crippen LogP contribution is 2.13. The van der Waals surface area contributed by atoms with Gasteiger partial charge in [0.25, 0.3) is 0 Å². The van der Waals surface area contributed by atoms with Crippen LogP contribution < -0.4 is 16.0 Å². The molecule has 1 heterocycles. The summed E-state index contributed by atoms with van der Waals surface area (Å²) in [5.74, 6) is 1.21. The molecule has 1 amide bonds. The number of rotatable bonds is 9. The van der Waals surface area contributed by atoms with Crippen molar-refractivity contribution < 1.29 is 4.79 Å². The van der Waals surface area contributed by atoms with Gasteiger partial charge in [-0.15, -0.1) is 35.3 Å². The fraction of sp³-hybridized carbons (Fsp3) is 0.429. The predicted octanol–water partition coefficient (Wildman–Crippen LogP) is 4.65. The monoisotopic (exact) mass is 514 g/mol. The van der Waals surface area contributed by atoms with E-state index in [2.05, 4.69) is 45.4 Å². The zero-order valence-corrected chi connectivity index (χ0v) is 20.0. The second-order valence-electron chi connectivity index (χ2n) is 6.80. The highest BCUT2D eigenvalue weighted by atomic mass is 127. The van der Waals surface area contributed by atoms with Crippen LogP contribution in [-0.2, 0) is 17.8 Å². The molecule has 5 nitrogen and oxygen atoms in total. The number of guanidine groups is 1. The summed E-state index contributed by atoms with van der Waals surface area (Å²) >= 11 is 1.77. The minimum Gasteiger partial charge on any atom is -0.357 e. The molecule has 0 bridgehead atoms. The Bertz CT molecular complexity index is 732. The van der Waals surface area contributed by atoms with Crippen LogP contribution in [0.4, 0.5) is 5.69 Å². The molecule has 1 aromatic carbocycles. The third-order valence-electron chi connectivity index (χ3n) is 3.81. The van der Waals surface area contributed by atoms with E-state index in [1.54, 1.807) is 11.3 Å². The van der Waals surface area contributed by atoms with Crippen molar-refractivity contribution in [3.8, 4) is 0 Å². The first-order valence-electron chi connectivity index (χ1n) is 9.50. The largest absolute Gasteiger partial charge is 0.357 e. The van der Waals surface area contributed by atoms with Crippen LogP contribution in [-0.4, -0.2) is 25.0 Å². The van der Waals surface area contributed by atoms with Crippen molar-refractivity contribution >= 4 is 52.9 Å². The summed E-state index contributed by atoms with van der Waals surface area (Å²) in [6, 6.07) is 12.1. The minimum atomic E-state index is 0. The van der Waals surface area contributed by atoms with E-state index in [-0.39, 0.29) is 29.9 Å². The molecule has 7 heteroatoms. The minimum absolute atomic E-state index is 0. The summed E-state index contributed by atoms with van der Waals surface area (Å²) in [5, 5.41) is 11.7. The molecule has 28 heavy (non-hydrogen) atoms. The van der Waals surface area contributed by atoms with Gasteiger partial charge in [-0.1, -0.05) is 32.0 Å². The van der Waals surface area contributed by atoms with Crippen LogP contribution in [0.2, 0.25) is 0 Å². The summed E-state index contributed by atoms with van der Waals surface area (Å²) in [4.78, 5) is 18.0. The molecule has 0 unspecified atom stereocenters. The van der Waals surface area contributed by atoms with E-state index in [9.17, 15) is 4.79 Å². The number of carbonyl (C=O) groups is 1. The number of thiophene rings is 1. The lowest BCUT2D eigenvalue weighted by molar-refractivity contribution is -0.116. The molecule has 0 aliphatic rings. The lowest BCUT2D eigenvalue weighted by Crippen LogP contribution is -2.38. The van der Waals surface area contributed by atoms with Crippen LogP contribution in [0.1, 0.15) is 37.6 Å². The number of halogens is 1. The average molecular weight is 514 g/mol. The van der Waals surface area contributed by atoms with E-state index in [0.29, 0.717) is 18.9 Å². The molecular weight excluding hydrogens is 483 g/mol. The Morgan fingerprint density at radius 3 is 2.68 bits per heavy atom. The zero-order valence-electron chi connectivity index (χ0n) is 16.8. The van der Waals surface area contributed by atoms with E-state index in [0.717, 1.165) is 36.7 Å². The third-order valence-corrected chi connectivity index (χ3v) is 4.75.